The molecule has 0 rings (SSSR count). The van der Waals surface area contributed by atoms with Crippen molar-refractivity contribution in [2.75, 3.05) is 0 Å². The van der Waals surface area contributed by atoms with Crippen LogP contribution in [0, 0.1) is 20.2 Å². The molecule has 0 aliphatic rings. The molecule has 0 aromatic carbocycles. The van der Waals surface area contributed by atoms with Crippen LogP contribution >= 0.6 is 0 Å². The minimum absolute atomic E-state index is 0.410. The molecule has 0 aliphatic carbocycles. The monoisotopic (exact) mass is 191 g/mol. The fourth-order valence-corrected chi connectivity index (χ4v) is 0.786. The molecule has 0 unspecified atom stereocenters. The third-order valence-electron chi connectivity index (χ3n) is 1.47. The lowest BCUT2D eigenvalue weighted by Crippen LogP contribution is -2.59. The maximum absolute atomic E-state index is 10.5. The standard InChI is InChI=1S/C5H9N3O5/c1-3-5(7(10)11,8(12)13)6-4(2)9/h3H2,1-2H3,(H,6,9). The van der Waals surface area contributed by atoms with Crippen LogP contribution < -0.4 is 5.32 Å². The Bertz CT molecular complexity index is 237. The molecule has 1 N–H and O–H groups in total. The molecular formula is C5H9N3O5. The predicted octanol–water partition coefficient (Wildman–Crippen LogP) is -0.260. The van der Waals surface area contributed by atoms with Crippen LogP contribution in [0.25, 0.3) is 0 Å². The number of hydrogen-bond donors (Lipinski definition) is 1. The molecular weight excluding hydrogens is 182 g/mol. The Labute approximate surface area is 73.2 Å². The van der Waals surface area contributed by atoms with Crippen LogP contribution in [0.5, 0.6) is 0 Å². The van der Waals surface area contributed by atoms with Crippen molar-refractivity contribution < 1.29 is 14.6 Å². The minimum atomic E-state index is -2.59. The Morgan fingerprint density at radius 3 is 1.85 bits per heavy atom. The highest BCUT2D eigenvalue weighted by Gasteiger charge is 2.55. The van der Waals surface area contributed by atoms with Gasteiger partial charge in [-0.2, -0.15) is 0 Å². The zero-order chi connectivity index (χ0) is 10.6. The van der Waals surface area contributed by atoms with E-state index in [4.69, 9.17) is 0 Å². The molecule has 0 spiro atoms. The highest BCUT2D eigenvalue weighted by molar-refractivity contribution is 5.73. The first-order chi connectivity index (χ1) is 5.86. The van der Waals surface area contributed by atoms with E-state index in [2.05, 4.69) is 0 Å². The number of nitrogens with one attached hydrogen (secondary N) is 1. The zero-order valence-corrected chi connectivity index (χ0v) is 7.14. The average Bonchev–Trinajstić information content (AvgIpc) is 1.98. The summed E-state index contributed by atoms with van der Waals surface area (Å²) in [4.78, 5) is 29.0. The van der Waals surface area contributed by atoms with Gasteiger partial charge in [0, 0.05) is 6.92 Å². The predicted molar refractivity (Wildman–Crippen MR) is 40.8 cm³/mol. The average molecular weight is 191 g/mol. The van der Waals surface area contributed by atoms with Crippen molar-refractivity contribution in [3.8, 4) is 0 Å². The lowest BCUT2D eigenvalue weighted by atomic mass is 10.3. The van der Waals surface area contributed by atoms with Gasteiger partial charge in [0.25, 0.3) is 0 Å². The largest absolute Gasteiger partial charge is 0.543 e. The summed E-state index contributed by atoms with van der Waals surface area (Å²) in [7, 11) is 0. The maximum atomic E-state index is 10.5. The van der Waals surface area contributed by atoms with Gasteiger partial charge in [0.05, 0.1) is 0 Å². The third-order valence-corrected chi connectivity index (χ3v) is 1.47. The Kier molecular flexibility index (Phi) is 3.28. The van der Waals surface area contributed by atoms with E-state index in [-0.39, 0.29) is 0 Å². The van der Waals surface area contributed by atoms with E-state index >= 15 is 0 Å². The third kappa shape index (κ3) is 2.10. The van der Waals surface area contributed by atoms with E-state index in [9.17, 15) is 25.0 Å². The van der Waals surface area contributed by atoms with Gasteiger partial charge >= 0.3 is 5.79 Å². The Hall–Kier alpha value is -1.73. The van der Waals surface area contributed by atoms with E-state index in [1.165, 1.54) is 6.92 Å². The van der Waals surface area contributed by atoms with Gasteiger partial charge < -0.3 is 0 Å². The summed E-state index contributed by atoms with van der Waals surface area (Å²) in [5.41, 5.74) is 0. The van der Waals surface area contributed by atoms with Gasteiger partial charge in [0.15, 0.2) is 0 Å². The van der Waals surface area contributed by atoms with Gasteiger partial charge in [0.2, 0.25) is 5.91 Å². The van der Waals surface area contributed by atoms with Crippen molar-refractivity contribution in [1.29, 1.82) is 0 Å². The molecule has 8 nitrogen and oxygen atoms in total. The topological polar surface area (TPSA) is 115 Å². The van der Waals surface area contributed by atoms with Crippen LogP contribution in [0.2, 0.25) is 0 Å². The van der Waals surface area contributed by atoms with Crippen LogP contribution in [-0.4, -0.2) is 21.5 Å². The molecule has 0 saturated carbocycles. The van der Waals surface area contributed by atoms with E-state index in [0.29, 0.717) is 0 Å². The molecule has 1 amide bonds. The van der Waals surface area contributed by atoms with Crippen LogP contribution in [0.15, 0.2) is 0 Å². The molecule has 0 aliphatic heterocycles. The fraction of sp³-hybridized carbons (Fsp3) is 0.800. The van der Waals surface area contributed by atoms with Crippen LogP contribution in [-0.2, 0) is 4.79 Å². The molecule has 0 aromatic rings. The summed E-state index contributed by atoms with van der Waals surface area (Å²) in [5.74, 6) is -3.40. The summed E-state index contributed by atoms with van der Waals surface area (Å²) in [6, 6.07) is 0. The number of hydrogen-bond acceptors (Lipinski definition) is 5. The van der Waals surface area contributed by atoms with Gasteiger partial charge in [-0.3, -0.25) is 25.0 Å². The Balaban J connectivity index is 4.98. The van der Waals surface area contributed by atoms with Gasteiger partial charge in [-0.15, -0.1) is 0 Å². The normalized spacial score (nSPS) is 10.6. The molecule has 0 saturated heterocycles. The maximum Gasteiger partial charge on any atom is 0.543 e. The number of carbonyl (C=O) groups excluding carboxylic acids is 1. The van der Waals surface area contributed by atoms with Crippen molar-refractivity contribution in [3.63, 3.8) is 0 Å². The summed E-state index contributed by atoms with van der Waals surface area (Å²) in [6.07, 6.45) is -0.410. The summed E-state index contributed by atoms with van der Waals surface area (Å²) in [5, 5.41) is 22.5. The number of rotatable bonds is 4. The molecule has 74 valence electrons. The molecule has 0 fully saturated rings. The lowest BCUT2D eigenvalue weighted by Gasteiger charge is -2.14. The number of nitro groups is 2. The van der Waals surface area contributed by atoms with E-state index < -0.39 is 28.0 Å². The molecule has 0 radical (unpaired) electrons. The molecule has 0 aromatic heterocycles. The van der Waals surface area contributed by atoms with Gasteiger partial charge in [-0.25, -0.2) is 5.32 Å². The fourth-order valence-electron chi connectivity index (χ4n) is 0.786. The second-order valence-electron chi connectivity index (χ2n) is 2.37. The minimum Gasteiger partial charge on any atom is -0.275 e. The number of carbonyl (C=O) groups is 1. The van der Waals surface area contributed by atoms with Crippen molar-refractivity contribution in [2.24, 2.45) is 0 Å². The molecule has 0 atom stereocenters. The van der Waals surface area contributed by atoms with Crippen LogP contribution in [0.3, 0.4) is 0 Å². The Morgan fingerprint density at radius 1 is 1.38 bits per heavy atom. The van der Waals surface area contributed by atoms with E-state index in [1.807, 2.05) is 0 Å². The smallest absolute Gasteiger partial charge is 0.275 e. The second kappa shape index (κ2) is 3.78. The Morgan fingerprint density at radius 2 is 1.77 bits per heavy atom. The van der Waals surface area contributed by atoms with Gasteiger partial charge in [-0.05, 0) is 6.92 Å². The van der Waals surface area contributed by atoms with Crippen molar-refractivity contribution in [3.05, 3.63) is 20.2 Å². The van der Waals surface area contributed by atoms with Crippen LogP contribution in [0.4, 0.5) is 0 Å². The van der Waals surface area contributed by atoms with Crippen molar-refractivity contribution in [1.82, 2.24) is 5.32 Å². The second-order valence-corrected chi connectivity index (χ2v) is 2.37. The summed E-state index contributed by atoms with van der Waals surface area (Å²) >= 11 is 0. The SMILES string of the molecule is CCC(NC(C)=O)([N+](=O)[O-])[N+](=O)[O-]. The van der Waals surface area contributed by atoms with E-state index in [1.54, 1.807) is 5.32 Å². The van der Waals surface area contributed by atoms with Crippen molar-refractivity contribution >= 4 is 5.91 Å². The highest BCUT2D eigenvalue weighted by atomic mass is 16.7. The molecule has 8 heteroatoms. The highest BCUT2D eigenvalue weighted by Crippen LogP contribution is 2.11. The van der Waals surface area contributed by atoms with Gasteiger partial charge in [0.1, 0.15) is 16.3 Å². The zero-order valence-electron chi connectivity index (χ0n) is 7.14. The first-order valence-corrected chi connectivity index (χ1v) is 3.44. The molecule has 0 heterocycles. The van der Waals surface area contributed by atoms with E-state index in [0.717, 1.165) is 6.92 Å². The quantitative estimate of drug-likeness (QED) is 0.373. The van der Waals surface area contributed by atoms with Crippen LogP contribution in [0.1, 0.15) is 20.3 Å². The first kappa shape index (κ1) is 11.3. The lowest BCUT2D eigenvalue weighted by molar-refractivity contribution is -0.802. The summed E-state index contributed by atoms with van der Waals surface area (Å²) in [6.45, 7) is 2.24. The summed E-state index contributed by atoms with van der Waals surface area (Å²) < 4.78 is 0. The van der Waals surface area contributed by atoms with Crippen molar-refractivity contribution in [2.45, 2.75) is 26.1 Å². The number of nitrogens with zero attached hydrogens (tertiary/aromatic N) is 2. The first-order valence-electron chi connectivity index (χ1n) is 3.44. The number of amides is 1. The molecule has 13 heavy (non-hydrogen) atoms. The molecule has 0 bridgehead atoms. The van der Waals surface area contributed by atoms with Gasteiger partial charge in [-0.1, -0.05) is 0 Å².